The Bertz CT molecular complexity index is 314. The van der Waals surface area contributed by atoms with Gasteiger partial charge in [-0.05, 0) is 12.5 Å². The predicted molar refractivity (Wildman–Crippen MR) is 46.4 cm³/mol. The SMILES string of the molecule is C[C@H](NO)c1cccc([N+](=O)[O-])c1. The van der Waals surface area contributed by atoms with E-state index in [0.29, 0.717) is 5.56 Å². The number of hydrogen-bond donors (Lipinski definition) is 2. The van der Waals surface area contributed by atoms with Crippen LogP contribution in [0, 0.1) is 10.1 Å². The van der Waals surface area contributed by atoms with Gasteiger partial charge < -0.3 is 5.21 Å². The molecule has 1 aromatic carbocycles. The highest BCUT2D eigenvalue weighted by atomic mass is 16.6. The van der Waals surface area contributed by atoms with Crippen molar-refractivity contribution in [2.75, 3.05) is 0 Å². The first-order chi connectivity index (χ1) is 6.15. The van der Waals surface area contributed by atoms with Gasteiger partial charge in [-0.25, -0.2) is 0 Å². The van der Waals surface area contributed by atoms with Crippen molar-refractivity contribution in [2.24, 2.45) is 0 Å². The molecule has 0 aliphatic heterocycles. The molecule has 0 aliphatic rings. The van der Waals surface area contributed by atoms with Crippen LogP contribution in [-0.2, 0) is 0 Å². The second-order valence-electron chi connectivity index (χ2n) is 2.70. The molecule has 5 heteroatoms. The first-order valence-corrected chi connectivity index (χ1v) is 3.79. The maximum Gasteiger partial charge on any atom is 0.269 e. The van der Waals surface area contributed by atoms with Crippen LogP contribution in [-0.4, -0.2) is 10.1 Å². The fourth-order valence-electron chi connectivity index (χ4n) is 0.982. The summed E-state index contributed by atoms with van der Waals surface area (Å²) in [6.45, 7) is 1.71. The molecule has 0 saturated heterocycles. The highest BCUT2D eigenvalue weighted by molar-refractivity contribution is 5.35. The number of hydrogen-bond acceptors (Lipinski definition) is 4. The largest absolute Gasteiger partial charge is 0.316 e. The Hall–Kier alpha value is -1.46. The van der Waals surface area contributed by atoms with Crippen LogP contribution >= 0.6 is 0 Å². The van der Waals surface area contributed by atoms with Gasteiger partial charge >= 0.3 is 0 Å². The van der Waals surface area contributed by atoms with Crippen molar-refractivity contribution in [3.8, 4) is 0 Å². The molecule has 0 radical (unpaired) electrons. The number of nitrogens with one attached hydrogen (secondary N) is 1. The van der Waals surface area contributed by atoms with Crippen molar-refractivity contribution in [1.82, 2.24) is 5.48 Å². The molecule has 1 atom stereocenters. The number of nitro groups is 1. The monoisotopic (exact) mass is 182 g/mol. The summed E-state index contributed by atoms with van der Waals surface area (Å²) in [7, 11) is 0. The normalized spacial score (nSPS) is 12.5. The van der Waals surface area contributed by atoms with Gasteiger partial charge in [0, 0.05) is 12.1 Å². The van der Waals surface area contributed by atoms with Crippen LogP contribution in [0.4, 0.5) is 5.69 Å². The summed E-state index contributed by atoms with van der Waals surface area (Å²) in [5, 5.41) is 19.0. The molecule has 0 aliphatic carbocycles. The Morgan fingerprint density at radius 1 is 1.62 bits per heavy atom. The molecule has 70 valence electrons. The maximum absolute atomic E-state index is 10.4. The molecule has 0 bridgehead atoms. The minimum Gasteiger partial charge on any atom is -0.316 e. The lowest BCUT2D eigenvalue weighted by atomic mass is 10.1. The number of nitrogens with zero attached hydrogens (tertiary/aromatic N) is 1. The van der Waals surface area contributed by atoms with Crippen molar-refractivity contribution in [3.05, 3.63) is 39.9 Å². The number of hydroxylamine groups is 1. The van der Waals surface area contributed by atoms with Crippen LogP contribution in [0.5, 0.6) is 0 Å². The predicted octanol–water partition coefficient (Wildman–Crippen LogP) is 1.63. The molecule has 0 amide bonds. The van der Waals surface area contributed by atoms with Gasteiger partial charge in [-0.3, -0.25) is 10.1 Å². The van der Waals surface area contributed by atoms with E-state index in [1.807, 2.05) is 5.48 Å². The van der Waals surface area contributed by atoms with E-state index in [2.05, 4.69) is 0 Å². The van der Waals surface area contributed by atoms with Gasteiger partial charge in [0.15, 0.2) is 0 Å². The summed E-state index contributed by atoms with van der Waals surface area (Å²) in [5.41, 5.74) is 2.73. The van der Waals surface area contributed by atoms with Crippen molar-refractivity contribution in [3.63, 3.8) is 0 Å². The Balaban J connectivity index is 2.98. The summed E-state index contributed by atoms with van der Waals surface area (Å²) in [6.07, 6.45) is 0. The van der Waals surface area contributed by atoms with Crippen LogP contribution < -0.4 is 5.48 Å². The van der Waals surface area contributed by atoms with Crippen LogP contribution in [0.15, 0.2) is 24.3 Å². The zero-order chi connectivity index (χ0) is 9.84. The van der Waals surface area contributed by atoms with Crippen molar-refractivity contribution >= 4 is 5.69 Å². The van der Waals surface area contributed by atoms with E-state index in [-0.39, 0.29) is 11.7 Å². The quantitative estimate of drug-likeness (QED) is 0.550. The highest BCUT2D eigenvalue weighted by Crippen LogP contribution is 2.18. The second-order valence-corrected chi connectivity index (χ2v) is 2.70. The van der Waals surface area contributed by atoms with Gasteiger partial charge in [-0.1, -0.05) is 12.1 Å². The average Bonchev–Trinajstić information content (AvgIpc) is 2.17. The third kappa shape index (κ3) is 2.24. The van der Waals surface area contributed by atoms with Crippen LogP contribution in [0.1, 0.15) is 18.5 Å². The van der Waals surface area contributed by atoms with E-state index in [1.54, 1.807) is 19.1 Å². The fraction of sp³-hybridized carbons (Fsp3) is 0.250. The topological polar surface area (TPSA) is 75.4 Å². The lowest BCUT2D eigenvalue weighted by Crippen LogP contribution is -2.13. The number of rotatable bonds is 3. The number of benzene rings is 1. The van der Waals surface area contributed by atoms with E-state index < -0.39 is 4.92 Å². The summed E-state index contributed by atoms with van der Waals surface area (Å²) >= 11 is 0. The Labute approximate surface area is 75.1 Å². The van der Waals surface area contributed by atoms with Crippen LogP contribution in [0.2, 0.25) is 0 Å². The van der Waals surface area contributed by atoms with Gasteiger partial charge in [0.25, 0.3) is 5.69 Å². The van der Waals surface area contributed by atoms with E-state index in [4.69, 9.17) is 5.21 Å². The molecule has 13 heavy (non-hydrogen) atoms. The van der Waals surface area contributed by atoms with Gasteiger partial charge in [-0.2, -0.15) is 5.48 Å². The van der Waals surface area contributed by atoms with Crippen molar-refractivity contribution < 1.29 is 10.1 Å². The third-order valence-electron chi connectivity index (χ3n) is 1.77. The van der Waals surface area contributed by atoms with Crippen LogP contribution in [0.3, 0.4) is 0 Å². The first kappa shape index (κ1) is 9.63. The molecule has 5 nitrogen and oxygen atoms in total. The zero-order valence-electron chi connectivity index (χ0n) is 7.10. The van der Waals surface area contributed by atoms with Gasteiger partial charge in [0.1, 0.15) is 0 Å². The average molecular weight is 182 g/mol. The lowest BCUT2D eigenvalue weighted by Gasteiger charge is -2.07. The number of nitro benzene ring substituents is 1. The van der Waals surface area contributed by atoms with Gasteiger partial charge in [0.05, 0.1) is 11.0 Å². The minimum atomic E-state index is -0.465. The molecule has 0 fully saturated rings. The Morgan fingerprint density at radius 3 is 2.85 bits per heavy atom. The molecule has 0 spiro atoms. The highest BCUT2D eigenvalue weighted by Gasteiger charge is 2.09. The molecule has 0 saturated carbocycles. The zero-order valence-corrected chi connectivity index (χ0v) is 7.10. The summed E-state index contributed by atoms with van der Waals surface area (Å²) in [4.78, 5) is 9.92. The fourth-order valence-corrected chi connectivity index (χ4v) is 0.982. The van der Waals surface area contributed by atoms with E-state index in [1.165, 1.54) is 12.1 Å². The molecule has 0 aromatic heterocycles. The summed E-state index contributed by atoms with van der Waals surface area (Å²) < 4.78 is 0. The van der Waals surface area contributed by atoms with E-state index in [9.17, 15) is 10.1 Å². The Kier molecular flexibility index (Phi) is 2.94. The van der Waals surface area contributed by atoms with Gasteiger partial charge in [-0.15, -0.1) is 0 Å². The molecule has 0 heterocycles. The van der Waals surface area contributed by atoms with Crippen LogP contribution in [0.25, 0.3) is 0 Å². The molecular formula is C8H10N2O3. The lowest BCUT2D eigenvalue weighted by molar-refractivity contribution is -0.384. The van der Waals surface area contributed by atoms with Crippen molar-refractivity contribution in [2.45, 2.75) is 13.0 Å². The molecule has 0 unspecified atom stereocenters. The molecule has 1 aromatic rings. The molecular weight excluding hydrogens is 172 g/mol. The molecule has 1 rings (SSSR count). The maximum atomic E-state index is 10.4. The standard InChI is InChI=1S/C8H10N2O3/c1-6(9-11)7-3-2-4-8(5-7)10(12)13/h2-6,9,11H,1H3/t6-/m0/s1. The Morgan fingerprint density at radius 2 is 2.31 bits per heavy atom. The number of non-ortho nitro benzene ring substituents is 1. The smallest absolute Gasteiger partial charge is 0.269 e. The van der Waals surface area contributed by atoms with Crippen molar-refractivity contribution in [1.29, 1.82) is 0 Å². The second kappa shape index (κ2) is 3.97. The van der Waals surface area contributed by atoms with E-state index in [0.717, 1.165) is 0 Å². The minimum absolute atomic E-state index is 0.0274. The first-order valence-electron chi connectivity index (χ1n) is 3.79. The summed E-state index contributed by atoms with van der Waals surface area (Å²) in [6, 6.07) is 5.82. The third-order valence-corrected chi connectivity index (χ3v) is 1.77. The molecule has 2 N–H and O–H groups in total. The summed E-state index contributed by atoms with van der Waals surface area (Å²) in [5.74, 6) is 0. The van der Waals surface area contributed by atoms with E-state index >= 15 is 0 Å². The van der Waals surface area contributed by atoms with Gasteiger partial charge in [0.2, 0.25) is 0 Å².